The van der Waals surface area contributed by atoms with E-state index in [1.54, 1.807) is 37.7 Å². The van der Waals surface area contributed by atoms with Crippen molar-refractivity contribution in [2.75, 3.05) is 18.6 Å². The van der Waals surface area contributed by atoms with Crippen LogP contribution < -0.4 is 15.1 Å². The third kappa shape index (κ3) is 3.51. The number of nitrogens with zero attached hydrogens (tertiary/aromatic N) is 2. The van der Waals surface area contributed by atoms with Crippen molar-refractivity contribution in [2.24, 2.45) is 5.10 Å². The summed E-state index contributed by atoms with van der Waals surface area (Å²) in [6.45, 7) is 0.902. The Morgan fingerprint density at radius 2 is 2.00 bits per heavy atom. The Morgan fingerprint density at radius 3 is 2.78 bits per heavy atom. The predicted octanol–water partition coefficient (Wildman–Crippen LogP) is 2.82. The zero-order valence-corrected chi connectivity index (χ0v) is 13.0. The van der Waals surface area contributed by atoms with Crippen LogP contribution in [0.4, 0.5) is 5.69 Å². The van der Waals surface area contributed by atoms with E-state index in [4.69, 9.17) is 4.74 Å². The Hall–Kier alpha value is -2.82. The van der Waals surface area contributed by atoms with Crippen molar-refractivity contribution in [3.8, 4) is 5.75 Å². The Bertz CT molecular complexity index is 710. The van der Waals surface area contributed by atoms with Gasteiger partial charge in [0, 0.05) is 17.8 Å². The monoisotopic (exact) mass is 309 g/mol. The SMILES string of the molecule is COc1ccc(C(=O)NN=CN2CCCc3ccccc32)cc1. The van der Waals surface area contributed by atoms with Gasteiger partial charge in [0.2, 0.25) is 0 Å². The molecule has 0 aliphatic carbocycles. The molecule has 2 aromatic carbocycles. The van der Waals surface area contributed by atoms with Crippen molar-refractivity contribution >= 4 is 17.9 Å². The Kier molecular flexibility index (Phi) is 4.57. The summed E-state index contributed by atoms with van der Waals surface area (Å²) in [6.07, 6.45) is 3.84. The first-order valence-electron chi connectivity index (χ1n) is 7.60. The minimum absolute atomic E-state index is 0.241. The number of fused-ring (bicyclic) bond motifs is 1. The average molecular weight is 309 g/mol. The molecule has 0 fully saturated rings. The second kappa shape index (κ2) is 6.96. The van der Waals surface area contributed by atoms with Crippen molar-refractivity contribution in [1.29, 1.82) is 0 Å². The Balaban J connectivity index is 1.64. The molecule has 1 amide bonds. The lowest BCUT2D eigenvalue weighted by Crippen LogP contribution is -2.29. The van der Waals surface area contributed by atoms with Crippen LogP contribution in [0.5, 0.6) is 5.75 Å². The van der Waals surface area contributed by atoms with E-state index in [0.29, 0.717) is 5.56 Å². The number of carbonyl (C=O) groups excluding carboxylic acids is 1. The van der Waals surface area contributed by atoms with Gasteiger partial charge in [-0.1, -0.05) is 18.2 Å². The molecule has 0 radical (unpaired) electrons. The number of amides is 1. The molecule has 1 aliphatic heterocycles. The molecule has 5 heteroatoms. The molecule has 0 saturated heterocycles. The number of nitrogens with one attached hydrogen (secondary N) is 1. The molecule has 0 bridgehead atoms. The number of rotatable bonds is 4. The van der Waals surface area contributed by atoms with Gasteiger partial charge in [-0.25, -0.2) is 5.43 Å². The third-order valence-corrected chi connectivity index (χ3v) is 3.86. The lowest BCUT2D eigenvalue weighted by molar-refractivity contribution is 0.0955. The topological polar surface area (TPSA) is 53.9 Å². The van der Waals surface area contributed by atoms with Crippen LogP contribution >= 0.6 is 0 Å². The van der Waals surface area contributed by atoms with Crippen molar-refractivity contribution < 1.29 is 9.53 Å². The summed E-state index contributed by atoms with van der Waals surface area (Å²) < 4.78 is 5.07. The van der Waals surface area contributed by atoms with E-state index in [9.17, 15) is 4.79 Å². The predicted molar refractivity (Wildman–Crippen MR) is 91.1 cm³/mol. The number of para-hydroxylation sites is 1. The van der Waals surface area contributed by atoms with Crippen LogP contribution in [0.15, 0.2) is 53.6 Å². The molecule has 0 atom stereocenters. The molecule has 118 valence electrons. The second-order valence-electron chi connectivity index (χ2n) is 5.34. The largest absolute Gasteiger partial charge is 0.497 e. The number of methoxy groups -OCH3 is 1. The summed E-state index contributed by atoms with van der Waals surface area (Å²) in [5.41, 5.74) is 5.57. The molecular formula is C18H19N3O2. The zero-order valence-electron chi connectivity index (χ0n) is 13.0. The first-order chi connectivity index (χ1) is 11.3. The summed E-state index contributed by atoms with van der Waals surface area (Å²) in [7, 11) is 1.59. The van der Waals surface area contributed by atoms with Gasteiger partial charge < -0.3 is 9.64 Å². The first-order valence-corrected chi connectivity index (χ1v) is 7.60. The van der Waals surface area contributed by atoms with Crippen LogP contribution in [0.2, 0.25) is 0 Å². The van der Waals surface area contributed by atoms with Crippen LogP contribution in [-0.2, 0) is 6.42 Å². The smallest absolute Gasteiger partial charge is 0.271 e. The van der Waals surface area contributed by atoms with E-state index in [-0.39, 0.29) is 5.91 Å². The van der Waals surface area contributed by atoms with Gasteiger partial charge in [0.1, 0.15) is 12.1 Å². The second-order valence-corrected chi connectivity index (χ2v) is 5.34. The van der Waals surface area contributed by atoms with Gasteiger partial charge in [-0.2, -0.15) is 5.10 Å². The van der Waals surface area contributed by atoms with Crippen molar-refractivity contribution in [2.45, 2.75) is 12.8 Å². The minimum atomic E-state index is -0.241. The van der Waals surface area contributed by atoms with Gasteiger partial charge in [-0.3, -0.25) is 4.79 Å². The van der Waals surface area contributed by atoms with Crippen LogP contribution in [-0.4, -0.2) is 25.9 Å². The number of ether oxygens (including phenoxy) is 1. The van der Waals surface area contributed by atoms with E-state index >= 15 is 0 Å². The van der Waals surface area contributed by atoms with Gasteiger partial charge in [-0.15, -0.1) is 0 Å². The Labute approximate surface area is 135 Å². The maximum atomic E-state index is 12.0. The summed E-state index contributed by atoms with van der Waals surface area (Å²) >= 11 is 0. The van der Waals surface area contributed by atoms with Gasteiger partial charge in [0.05, 0.1) is 7.11 Å². The number of aryl methyl sites for hydroxylation is 1. The fraction of sp³-hybridized carbons (Fsp3) is 0.222. The number of hydrazone groups is 1. The van der Waals surface area contributed by atoms with Crippen LogP contribution in [0.3, 0.4) is 0 Å². The third-order valence-electron chi connectivity index (χ3n) is 3.86. The van der Waals surface area contributed by atoms with E-state index < -0.39 is 0 Å². The quantitative estimate of drug-likeness (QED) is 0.537. The van der Waals surface area contributed by atoms with E-state index in [1.807, 2.05) is 12.1 Å². The molecule has 1 heterocycles. The molecule has 5 nitrogen and oxygen atoms in total. The molecular weight excluding hydrogens is 290 g/mol. The first kappa shape index (κ1) is 15.1. The molecule has 1 N–H and O–H groups in total. The summed E-state index contributed by atoms with van der Waals surface area (Å²) in [5.74, 6) is 0.476. The van der Waals surface area contributed by atoms with Crippen LogP contribution in [0.1, 0.15) is 22.3 Å². The number of carbonyl (C=O) groups is 1. The van der Waals surface area contributed by atoms with Gasteiger partial charge in [0.15, 0.2) is 0 Å². The van der Waals surface area contributed by atoms with E-state index in [0.717, 1.165) is 30.8 Å². The van der Waals surface area contributed by atoms with Crippen LogP contribution in [0.25, 0.3) is 0 Å². The van der Waals surface area contributed by atoms with E-state index in [2.05, 4.69) is 27.6 Å². The Morgan fingerprint density at radius 1 is 1.22 bits per heavy atom. The molecule has 0 unspecified atom stereocenters. The number of anilines is 1. The summed E-state index contributed by atoms with van der Waals surface area (Å²) in [6, 6.07) is 15.2. The lowest BCUT2D eigenvalue weighted by Gasteiger charge is -2.27. The van der Waals surface area contributed by atoms with Crippen molar-refractivity contribution in [3.63, 3.8) is 0 Å². The standard InChI is InChI=1S/C18H19N3O2/c1-23-16-10-8-15(9-11-16)18(22)20-19-13-21-12-4-6-14-5-2-3-7-17(14)21/h2-3,5,7-11,13H,4,6,12H2,1H3,(H,20,22). The molecule has 0 aromatic heterocycles. The number of hydrogen-bond donors (Lipinski definition) is 1. The highest BCUT2D eigenvalue weighted by Crippen LogP contribution is 2.25. The molecule has 2 aromatic rings. The normalized spacial score (nSPS) is 13.7. The van der Waals surface area contributed by atoms with Crippen molar-refractivity contribution in [1.82, 2.24) is 5.43 Å². The highest BCUT2D eigenvalue weighted by molar-refractivity contribution is 5.94. The molecule has 1 aliphatic rings. The van der Waals surface area contributed by atoms with Crippen LogP contribution in [0, 0.1) is 0 Å². The fourth-order valence-electron chi connectivity index (χ4n) is 2.65. The number of benzene rings is 2. The molecule has 0 spiro atoms. The summed E-state index contributed by atoms with van der Waals surface area (Å²) in [4.78, 5) is 14.1. The highest BCUT2D eigenvalue weighted by Gasteiger charge is 2.14. The minimum Gasteiger partial charge on any atom is -0.497 e. The maximum Gasteiger partial charge on any atom is 0.271 e. The van der Waals surface area contributed by atoms with Crippen molar-refractivity contribution in [3.05, 3.63) is 59.7 Å². The summed E-state index contributed by atoms with van der Waals surface area (Å²) in [5, 5.41) is 4.08. The fourth-order valence-corrected chi connectivity index (χ4v) is 2.65. The zero-order chi connectivity index (χ0) is 16.1. The van der Waals surface area contributed by atoms with Gasteiger partial charge in [0.25, 0.3) is 5.91 Å². The van der Waals surface area contributed by atoms with Gasteiger partial charge in [-0.05, 0) is 48.7 Å². The molecule has 0 saturated carbocycles. The van der Waals surface area contributed by atoms with Gasteiger partial charge >= 0.3 is 0 Å². The molecule has 3 rings (SSSR count). The lowest BCUT2D eigenvalue weighted by atomic mass is 10.0. The average Bonchev–Trinajstić information content (AvgIpc) is 2.62. The maximum absolute atomic E-state index is 12.0. The highest BCUT2D eigenvalue weighted by atomic mass is 16.5. The molecule has 23 heavy (non-hydrogen) atoms. The number of hydrogen-bond acceptors (Lipinski definition) is 3. The van der Waals surface area contributed by atoms with E-state index in [1.165, 1.54) is 5.56 Å².